The fraction of sp³-hybridized carbons (Fsp3) is 1.00. The molecule has 1 rings (SSSR count). The minimum atomic E-state index is 0.374. The summed E-state index contributed by atoms with van der Waals surface area (Å²) in [5.41, 5.74) is 0. The summed E-state index contributed by atoms with van der Waals surface area (Å²) in [7, 11) is 0. The number of rotatable bonds is 5. The second-order valence-electron chi connectivity index (χ2n) is 5.01. The molecular formula is C12H25NO. The van der Waals surface area contributed by atoms with Crippen molar-refractivity contribution in [2.75, 3.05) is 26.2 Å². The summed E-state index contributed by atoms with van der Waals surface area (Å²) >= 11 is 0. The molecule has 0 N–H and O–H groups in total. The summed E-state index contributed by atoms with van der Waals surface area (Å²) in [4.78, 5) is 2.53. The van der Waals surface area contributed by atoms with Crippen LogP contribution in [-0.4, -0.2) is 37.2 Å². The predicted octanol–water partition coefficient (Wildman–Crippen LogP) is 2.39. The molecule has 84 valence electrons. The third-order valence-corrected chi connectivity index (χ3v) is 3.11. The molecule has 0 bridgehead atoms. The van der Waals surface area contributed by atoms with Crippen molar-refractivity contribution >= 4 is 0 Å². The summed E-state index contributed by atoms with van der Waals surface area (Å²) in [6.07, 6.45) is 1.75. The van der Waals surface area contributed by atoms with E-state index >= 15 is 0 Å². The zero-order valence-electron chi connectivity index (χ0n) is 10.1. The first kappa shape index (κ1) is 12.0. The normalized spacial score (nSPS) is 24.0. The van der Waals surface area contributed by atoms with Crippen LogP contribution in [0.2, 0.25) is 0 Å². The number of hydrogen-bond acceptors (Lipinski definition) is 2. The summed E-state index contributed by atoms with van der Waals surface area (Å²) in [5.74, 6) is 1.75. The Morgan fingerprint density at radius 3 is 2.50 bits per heavy atom. The zero-order chi connectivity index (χ0) is 10.6. The standard InChI is InChI=1S/C12H25NO/c1-10(2)12-5-6-13(9-12)7-8-14-11(3)4/h10-12H,5-9H2,1-4H3. The van der Waals surface area contributed by atoms with Gasteiger partial charge in [-0.2, -0.15) is 0 Å². The molecule has 1 aliphatic rings. The van der Waals surface area contributed by atoms with Crippen LogP contribution in [0.15, 0.2) is 0 Å². The van der Waals surface area contributed by atoms with E-state index < -0.39 is 0 Å². The molecular weight excluding hydrogens is 174 g/mol. The van der Waals surface area contributed by atoms with Gasteiger partial charge < -0.3 is 9.64 Å². The molecule has 0 amide bonds. The van der Waals surface area contributed by atoms with Crippen LogP contribution in [0.25, 0.3) is 0 Å². The van der Waals surface area contributed by atoms with Gasteiger partial charge in [0.2, 0.25) is 0 Å². The van der Waals surface area contributed by atoms with E-state index in [-0.39, 0.29) is 0 Å². The molecule has 2 nitrogen and oxygen atoms in total. The highest BCUT2D eigenvalue weighted by Crippen LogP contribution is 2.22. The highest BCUT2D eigenvalue weighted by molar-refractivity contribution is 4.77. The van der Waals surface area contributed by atoms with Crippen molar-refractivity contribution < 1.29 is 4.74 Å². The largest absolute Gasteiger partial charge is 0.377 e. The van der Waals surface area contributed by atoms with Crippen LogP contribution in [0.4, 0.5) is 0 Å². The maximum atomic E-state index is 5.56. The summed E-state index contributed by atoms with van der Waals surface area (Å²) < 4.78 is 5.56. The van der Waals surface area contributed by atoms with Crippen molar-refractivity contribution in [3.05, 3.63) is 0 Å². The molecule has 0 saturated carbocycles. The molecule has 1 fully saturated rings. The lowest BCUT2D eigenvalue weighted by molar-refractivity contribution is 0.0625. The van der Waals surface area contributed by atoms with Crippen LogP contribution in [0.1, 0.15) is 34.1 Å². The quantitative estimate of drug-likeness (QED) is 0.674. The third kappa shape index (κ3) is 3.97. The average Bonchev–Trinajstić information content (AvgIpc) is 2.52. The van der Waals surface area contributed by atoms with Crippen molar-refractivity contribution in [2.24, 2.45) is 11.8 Å². The van der Waals surface area contributed by atoms with E-state index in [1.807, 2.05) is 0 Å². The van der Waals surface area contributed by atoms with Gasteiger partial charge in [0, 0.05) is 13.1 Å². The monoisotopic (exact) mass is 199 g/mol. The minimum absolute atomic E-state index is 0.374. The Labute approximate surface area is 88.6 Å². The van der Waals surface area contributed by atoms with Gasteiger partial charge in [-0.05, 0) is 38.6 Å². The molecule has 1 aliphatic heterocycles. The maximum Gasteiger partial charge on any atom is 0.0596 e. The van der Waals surface area contributed by atoms with Gasteiger partial charge in [-0.1, -0.05) is 13.8 Å². The van der Waals surface area contributed by atoms with E-state index in [9.17, 15) is 0 Å². The van der Waals surface area contributed by atoms with Crippen molar-refractivity contribution in [2.45, 2.75) is 40.2 Å². The van der Waals surface area contributed by atoms with Crippen LogP contribution in [0, 0.1) is 11.8 Å². The highest BCUT2D eigenvalue weighted by Gasteiger charge is 2.24. The molecule has 1 unspecified atom stereocenters. The second kappa shape index (κ2) is 5.72. The fourth-order valence-corrected chi connectivity index (χ4v) is 2.03. The summed E-state index contributed by atoms with van der Waals surface area (Å²) in [5, 5.41) is 0. The second-order valence-corrected chi connectivity index (χ2v) is 5.01. The van der Waals surface area contributed by atoms with E-state index in [1.165, 1.54) is 19.5 Å². The lowest BCUT2D eigenvalue weighted by Gasteiger charge is -2.18. The Morgan fingerprint density at radius 1 is 1.29 bits per heavy atom. The average molecular weight is 199 g/mol. The lowest BCUT2D eigenvalue weighted by atomic mass is 9.95. The van der Waals surface area contributed by atoms with E-state index in [1.54, 1.807) is 0 Å². The van der Waals surface area contributed by atoms with E-state index in [2.05, 4.69) is 32.6 Å². The lowest BCUT2D eigenvalue weighted by Crippen LogP contribution is -2.26. The van der Waals surface area contributed by atoms with Crippen LogP contribution in [-0.2, 0) is 4.74 Å². The van der Waals surface area contributed by atoms with Gasteiger partial charge in [-0.3, -0.25) is 0 Å². The Bertz CT molecular complexity index is 156. The number of nitrogens with zero attached hydrogens (tertiary/aromatic N) is 1. The zero-order valence-corrected chi connectivity index (χ0v) is 10.1. The van der Waals surface area contributed by atoms with Gasteiger partial charge >= 0.3 is 0 Å². The van der Waals surface area contributed by atoms with Gasteiger partial charge in [-0.25, -0.2) is 0 Å². The third-order valence-electron chi connectivity index (χ3n) is 3.11. The first-order chi connectivity index (χ1) is 6.59. The Hall–Kier alpha value is -0.0800. The predicted molar refractivity (Wildman–Crippen MR) is 60.5 cm³/mol. The number of likely N-dealkylation sites (tertiary alicyclic amines) is 1. The van der Waals surface area contributed by atoms with Crippen LogP contribution in [0.3, 0.4) is 0 Å². The van der Waals surface area contributed by atoms with Crippen LogP contribution in [0.5, 0.6) is 0 Å². The van der Waals surface area contributed by atoms with Crippen molar-refractivity contribution in [3.63, 3.8) is 0 Å². The van der Waals surface area contributed by atoms with Crippen molar-refractivity contribution in [1.82, 2.24) is 4.90 Å². The molecule has 1 saturated heterocycles. The van der Waals surface area contributed by atoms with Gasteiger partial charge in [-0.15, -0.1) is 0 Å². The Kier molecular flexibility index (Phi) is 4.90. The topological polar surface area (TPSA) is 12.5 Å². The van der Waals surface area contributed by atoms with Crippen molar-refractivity contribution in [3.8, 4) is 0 Å². The number of ether oxygens (including phenoxy) is 1. The van der Waals surface area contributed by atoms with Gasteiger partial charge in [0.1, 0.15) is 0 Å². The van der Waals surface area contributed by atoms with Gasteiger partial charge in [0.05, 0.1) is 12.7 Å². The smallest absolute Gasteiger partial charge is 0.0596 e. The molecule has 0 radical (unpaired) electrons. The summed E-state index contributed by atoms with van der Waals surface area (Å²) in [6.45, 7) is 13.4. The van der Waals surface area contributed by atoms with E-state index in [0.29, 0.717) is 6.10 Å². The van der Waals surface area contributed by atoms with Crippen molar-refractivity contribution in [1.29, 1.82) is 0 Å². The maximum absolute atomic E-state index is 5.56. The molecule has 0 aliphatic carbocycles. The molecule has 14 heavy (non-hydrogen) atoms. The van der Waals surface area contributed by atoms with Crippen LogP contribution >= 0.6 is 0 Å². The molecule has 0 spiro atoms. The van der Waals surface area contributed by atoms with Crippen LogP contribution < -0.4 is 0 Å². The molecule has 2 heteroatoms. The molecule has 0 aromatic rings. The minimum Gasteiger partial charge on any atom is -0.377 e. The SMILES string of the molecule is CC(C)OCCN1CCC(C(C)C)C1. The Morgan fingerprint density at radius 2 is 2.00 bits per heavy atom. The molecule has 1 atom stereocenters. The molecule has 0 aromatic heterocycles. The molecule has 1 heterocycles. The van der Waals surface area contributed by atoms with Gasteiger partial charge in [0.25, 0.3) is 0 Å². The van der Waals surface area contributed by atoms with E-state index in [0.717, 1.165) is 25.0 Å². The van der Waals surface area contributed by atoms with E-state index in [4.69, 9.17) is 4.74 Å². The first-order valence-electron chi connectivity index (χ1n) is 5.93. The first-order valence-corrected chi connectivity index (χ1v) is 5.93. The number of hydrogen-bond donors (Lipinski definition) is 0. The molecule has 0 aromatic carbocycles. The fourth-order valence-electron chi connectivity index (χ4n) is 2.03. The summed E-state index contributed by atoms with van der Waals surface area (Å²) in [6, 6.07) is 0. The van der Waals surface area contributed by atoms with Gasteiger partial charge in [0.15, 0.2) is 0 Å². The Balaban J connectivity index is 2.10. The highest BCUT2D eigenvalue weighted by atomic mass is 16.5.